The van der Waals surface area contributed by atoms with Crippen molar-refractivity contribution < 1.29 is 4.39 Å². The summed E-state index contributed by atoms with van der Waals surface area (Å²) in [5.41, 5.74) is 2.13. The number of aromatic nitrogens is 2. The van der Waals surface area contributed by atoms with Crippen molar-refractivity contribution in [2.24, 2.45) is 0 Å². The molecule has 18 heavy (non-hydrogen) atoms. The van der Waals surface area contributed by atoms with E-state index in [0.29, 0.717) is 11.6 Å². The molecule has 0 amide bonds. The SMILES string of the molecule is Fc1ccc(Br)cc1Nc1nc2ccccc2[nH]1. The van der Waals surface area contributed by atoms with Crippen molar-refractivity contribution in [1.29, 1.82) is 0 Å². The Morgan fingerprint density at radius 1 is 1.17 bits per heavy atom. The zero-order valence-corrected chi connectivity index (χ0v) is 10.8. The van der Waals surface area contributed by atoms with Crippen molar-refractivity contribution in [3.05, 3.63) is 52.8 Å². The molecule has 0 saturated heterocycles. The van der Waals surface area contributed by atoms with Crippen molar-refractivity contribution in [2.75, 3.05) is 5.32 Å². The number of para-hydroxylation sites is 2. The minimum Gasteiger partial charge on any atom is -0.324 e. The summed E-state index contributed by atoms with van der Waals surface area (Å²) >= 11 is 3.31. The molecule has 3 nitrogen and oxygen atoms in total. The Kier molecular flexibility index (Phi) is 2.76. The maximum absolute atomic E-state index is 13.6. The largest absolute Gasteiger partial charge is 0.324 e. The molecule has 3 aromatic rings. The maximum Gasteiger partial charge on any atom is 0.205 e. The molecule has 0 saturated carbocycles. The fraction of sp³-hybridized carbons (Fsp3) is 0. The lowest BCUT2D eigenvalue weighted by atomic mass is 10.3. The maximum atomic E-state index is 13.6. The normalized spacial score (nSPS) is 10.8. The number of hydrogen-bond acceptors (Lipinski definition) is 2. The highest BCUT2D eigenvalue weighted by Crippen LogP contribution is 2.23. The zero-order valence-electron chi connectivity index (χ0n) is 9.24. The van der Waals surface area contributed by atoms with E-state index < -0.39 is 0 Å². The summed E-state index contributed by atoms with van der Waals surface area (Å²) in [4.78, 5) is 7.42. The second-order valence-electron chi connectivity index (χ2n) is 3.85. The van der Waals surface area contributed by atoms with Crippen LogP contribution < -0.4 is 5.32 Å². The first kappa shape index (κ1) is 11.2. The van der Waals surface area contributed by atoms with Gasteiger partial charge >= 0.3 is 0 Å². The minimum absolute atomic E-state index is 0.321. The lowest BCUT2D eigenvalue weighted by Gasteiger charge is -2.04. The molecular formula is C13H9BrFN3. The number of imidazole rings is 1. The van der Waals surface area contributed by atoms with E-state index in [1.807, 2.05) is 24.3 Å². The molecule has 0 fully saturated rings. The van der Waals surface area contributed by atoms with E-state index in [1.165, 1.54) is 6.07 Å². The highest BCUT2D eigenvalue weighted by molar-refractivity contribution is 9.10. The topological polar surface area (TPSA) is 40.7 Å². The molecule has 0 aliphatic heterocycles. The lowest BCUT2D eigenvalue weighted by Crippen LogP contribution is -1.95. The Morgan fingerprint density at radius 3 is 2.83 bits per heavy atom. The van der Waals surface area contributed by atoms with Gasteiger partial charge in [-0.2, -0.15) is 0 Å². The zero-order chi connectivity index (χ0) is 12.5. The van der Waals surface area contributed by atoms with Crippen molar-refractivity contribution in [2.45, 2.75) is 0 Å². The number of benzene rings is 2. The van der Waals surface area contributed by atoms with Crippen LogP contribution in [-0.4, -0.2) is 9.97 Å². The van der Waals surface area contributed by atoms with Gasteiger partial charge < -0.3 is 10.3 Å². The Morgan fingerprint density at radius 2 is 2.00 bits per heavy atom. The number of H-pyrrole nitrogens is 1. The van der Waals surface area contributed by atoms with Crippen molar-refractivity contribution in [3.8, 4) is 0 Å². The van der Waals surface area contributed by atoms with E-state index in [2.05, 4.69) is 31.2 Å². The molecule has 1 heterocycles. The van der Waals surface area contributed by atoms with Crippen molar-refractivity contribution >= 4 is 38.6 Å². The van der Waals surface area contributed by atoms with Crippen LogP contribution in [0.25, 0.3) is 11.0 Å². The van der Waals surface area contributed by atoms with E-state index in [1.54, 1.807) is 12.1 Å². The standard InChI is InChI=1S/C13H9BrFN3/c14-8-5-6-9(15)12(7-8)18-13-16-10-3-1-2-4-11(10)17-13/h1-7H,(H2,16,17,18). The molecule has 0 aliphatic rings. The summed E-state index contributed by atoms with van der Waals surface area (Å²) in [5.74, 6) is 0.201. The molecule has 2 aromatic carbocycles. The number of aromatic amines is 1. The third kappa shape index (κ3) is 2.09. The number of nitrogens with one attached hydrogen (secondary N) is 2. The predicted octanol–water partition coefficient (Wildman–Crippen LogP) is 4.21. The first-order valence-corrected chi connectivity index (χ1v) is 6.18. The van der Waals surface area contributed by atoms with E-state index >= 15 is 0 Å². The summed E-state index contributed by atoms with van der Waals surface area (Å²) in [6.07, 6.45) is 0. The van der Waals surface area contributed by atoms with Crippen molar-refractivity contribution in [1.82, 2.24) is 9.97 Å². The summed E-state index contributed by atoms with van der Waals surface area (Å²) < 4.78 is 14.4. The molecule has 90 valence electrons. The van der Waals surface area contributed by atoms with Crippen LogP contribution in [0.5, 0.6) is 0 Å². The van der Waals surface area contributed by atoms with Crippen LogP contribution in [0.4, 0.5) is 16.0 Å². The molecule has 0 atom stereocenters. The Bertz CT molecular complexity index is 675. The summed E-state index contributed by atoms with van der Waals surface area (Å²) in [6, 6.07) is 12.4. The molecule has 0 radical (unpaired) electrons. The van der Waals surface area contributed by atoms with E-state index in [4.69, 9.17) is 0 Å². The molecule has 0 unspecified atom stereocenters. The van der Waals surface area contributed by atoms with Gasteiger partial charge in [0.1, 0.15) is 5.82 Å². The molecule has 0 bridgehead atoms. The fourth-order valence-corrected chi connectivity index (χ4v) is 2.09. The number of anilines is 2. The van der Waals surface area contributed by atoms with Crippen LogP contribution in [0.3, 0.4) is 0 Å². The average molecular weight is 306 g/mol. The smallest absolute Gasteiger partial charge is 0.205 e. The Labute approximate surface area is 111 Å². The first-order chi connectivity index (χ1) is 8.72. The van der Waals surface area contributed by atoms with Crippen LogP contribution in [0.2, 0.25) is 0 Å². The highest BCUT2D eigenvalue weighted by atomic mass is 79.9. The average Bonchev–Trinajstić information content (AvgIpc) is 2.76. The molecule has 1 aromatic heterocycles. The van der Waals surface area contributed by atoms with Gasteiger partial charge in [0.15, 0.2) is 0 Å². The lowest BCUT2D eigenvalue weighted by molar-refractivity contribution is 0.631. The van der Waals surface area contributed by atoms with Gasteiger partial charge in [-0.3, -0.25) is 0 Å². The highest BCUT2D eigenvalue weighted by Gasteiger charge is 2.06. The number of hydrogen-bond donors (Lipinski definition) is 2. The van der Waals surface area contributed by atoms with Gasteiger partial charge in [0.2, 0.25) is 5.95 Å². The Hall–Kier alpha value is -1.88. The van der Waals surface area contributed by atoms with Gasteiger partial charge in [0.05, 0.1) is 16.7 Å². The molecule has 2 N–H and O–H groups in total. The van der Waals surface area contributed by atoms with Crippen LogP contribution >= 0.6 is 15.9 Å². The third-order valence-corrected chi connectivity index (χ3v) is 3.06. The second-order valence-corrected chi connectivity index (χ2v) is 4.77. The summed E-state index contributed by atoms with van der Waals surface area (Å²) in [5, 5.41) is 2.93. The molecule has 0 spiro atoms. The number of rotatable bonds is 2. The monoisotopic (exact) mass is 305 g/mol. The van der Waals surface area contributed by atoms with E-state index in [0.717, 1.165) is 15.5 Å². The van der Waals surface area contributed by atoms with Gasteiger partial charge in [-0.05, 0) is 30.3 Å². The summed E-state index contributed by atoms with van der Waals surface area (Å²) in [7, 11) is 0. The van der Waals surface area contributed by atoms with E-state index in [-0.39, 0.29) is 5.82 Å². The van der Waals surface area contributed by atoms with Gasteiger partial charge in [0, 0.05) is 4.47 Å². The van der Waals surface area contributed by atoms with Crippen LogP contribution in [0.15, 0.2) is 46.9 Å². The number of fused-ring (bicyclic) bond motifs is 1. The van der Waals surface area contributed by atoms with Gasteiger partial charge in [-0.15, -0.1) is 0 Å². The quantitative estimate of drug-likeness (QED) is 0.744. The third-order valence-electron chi connectivity index (χ3n) is 2.57. The van der Waals surface area contributed by atoms with Crippen molar-refractivity contribution in [3.63, 3.8) is 0 Å². The fourth-order valence-electron chi connectivity index (χ4n) is 1.73. The predicted molar refractivity (Wildman–Crippen MR) is 73.5 cm³/mol. The van der Waals surface area contributed by atoms with Crippen LogP contribution in [0.1, 0.15) is 0 Å². The van der Waals surface area contributed by atoms with Gasteiger partial charge in [-0.25, -0.2) is 9.37 Å². The molecule has 3 rings (SSSR count). The second kappa shape index (κ2) is 4.42. The molecular weight excluding hydrogens is 297 g/mol. The van der Waals surface area contributed by atoms with Crippen LogP contribution in [-0.2, 0) is 0 Å². The van der Waals surface area contributed by atoms with Gasteiger partial charge in [0.25, 0.3) is 0 Å². The molecule has 5 heteroatoms. The van der Waals surface area contributed by atoms with Crippen LogP contribution in [0, 0.1) is 5.82 Å². The molecule has 0 aliphatic carbocycles. The number of halogens is 2. The minimum atomic E-state index is -0.321. The summed E-state index contributed by atoms with van der Waals surface area (Å²) in [6.45, 7) is 0. The Balaban J connectivity index is 1.98. The first-order valence-electron chi connectivity index (χ1n) is 5.39. The number of nitrogens with zero attached hydrogens (tertiary/aromatic N) is 1. The van der Waals surface area contributed by atoms with E-state index in [9.17, 15) is 4.39 Å². The van der Waals surface area contributed by atoms with Gasteiger partial charge in [-0.1, -0.05) is 28.1 Å².